The third kappa shape index (κ3) is 3.86. The molecule has 0 atom stereocenters. The highest BCUT2D eigenvalue weighted by molar-refractivity contribution is 5.74. The van der Waals surface area contributed by atoms with E-state index in [1.165, 1.54) is 17.0 Å². The molecule has 2 aromatic heterocycles. The molecule has 0 aromatic carbocycles. The van der Waals surface area contributed by atoms with Gasteiger partial charge in [0.1, 0.15) is 18.1 Å². The van der Waals surface area contributed by atoms with Gasteiger partial charge in [-0.25, -0.2) is 9.37 Å². The summed E-state index contributed by atoms with van der Waals surface area (Å²) in [5.41, 5.74) is 0.816. The van der Waals surface area contributed by atoms with Crippen LogP contribution in [0.3, 0.4) is 0 Å². The van der Waals surface area contributed by atoms with Crippen LogP contribution in [0, 0.1) is 18.1 Å². The van der Waals surface area contributed by atoms with E-state index >= 15 is 0 Å². The van der Waals surface area contributed by atoms with E-state index in [1.807, 2.05) is 0 Å². The number of pyridine rings is 1. The first-order valence-corrected chi connectivity index (χ1v) is 6.26. The van der Waals surface area contributed by atoms with Crippen molar-refractivity contribution in [2.45, 2.75) is 6.92 Å². The van der Waals surface area contributed by atoms with Gasteiger partial charge in [0.25, 0.3) is 0 Å². The van der Waals surface area contributed by atoms with Crippen molar-refractivity contribution in [2.75, 3.05) is 25.1 Å². The molecule has 0 fully saturated rings. The number of carbonyl (C=O) groups is 1. The number of esters is 1. The average Bonchev–Trinajstić information content (AvgIpc) is 2.48. The monoisotopic (exact) mass is 288 g/mol. The van der Waals surface area contributed by atoms with E-state index in [0.717, 1.165) is 6.20 Å². The van der Waals surface area contributed by atoms with Gasteiger partial charge in [-0.1, -0.05) is 0 Å². The van der Waals surface area contributed by atoms with Gasteiger partial charge in [-0.2, -0.15) is 4.98 Å². The highest BCUT2D eigenvalue weighted by Gasteiger charge is 2.12. The van der Waals surface area contributed by atoms with Gasteiger partial charge in [0.05, 0.1) is 18.5 Å². The average molecular weight is 288 g/mol. The molecule has 0 aliphatic carbocycles. The van der Waals surface area contributed by atoms with Gasteiger partial charge in [-0.05, 0) is 25.1 Å². The summed E-state index contributed by atoms with van der Waals surface area (Å²) < 4.78 is 17.7. The number of anilines is 1. The fourth-order valence-corrected chi connectivity index (χ4v) is 1.56. The Morgan fingerprint density at radius 1 is 1.48 bits per heavy atom. The first kappa shape index (κ1) is 14.7. The Kier molecular flexibility index (Phi) is 4.61. The number of likely N-dealkylation sites (N-methyl/N-ethyl adjacent to an activating group) is 1. The van der Waals surface area contributed by atoms with Crippen molar-refractivity contribution in [1.29, 1.82) is 0 Å². The molecule has 0 aliphatic rings. The van der Waals surface area contributed by atoms with E-state index in [9.17, 15) is 9.18 Å². The number of hydrogen-bond donors (Lipinski definition) is 0. The summed E-state index contributed by atoms with van der Waals surface area (Å²) in [7, 11) is 1.65. The van der Waals surface area contributed by atoms with Crippen LogP contribution < -0.4 is 4.90 Å². The molecular weight excluding hydrogens is 275 g/mol. The molecule has 2 heterocycles. The number of hydrogen-bond acceptors (Lipinski definition) is 6. The molecule has 2 aromatic rings. The molecule has 0 N–H and O–H groups in total. The molecular formula is C14H13FN4O2. The first-order chi connectivity index (χ1) is 10.1. The molecule has 0 saturated carbocycles. The fourth-order valence-electron chi connectivity index (χ4n) is 1.56. The largest absolute Gasteiger partial charge is 0.465 e. The van der Waals surface area contributed by atoms with Crippen LogP contribution in [0.25, 0.3) is 11.4 Å². The van der Waals surface area contributed by atoms with E-state index in [1.54, 1.807) is 14.0 Å². The lowest BCUT2D eigenvalue weighted by atomic mass is 10.3. The van der Waals surface area contributed by atoms with Crippen molar-refractivity contribution in [3.63, 3.8) is 0 Å². The second-order valence-corrected chi connectivity index (χ2v) is 4.13. The standard InChI is InChI=1S/C14H13FN4O2/c1-3-21-13(20)9-19(2)14-16-7-6-12(18-14)11-5-4-10(15)8-17-11/h4-5,8H,3,9H2,1-2H3. The minimum atomic E-state index is -0.434. The van der Waals surface area contributed by atoms with Crippen LogP contribution in [0.4, 0.5) is 10.3 Å². The van der Waals surface area contributed by atoms with Crippen molar-refractivity contribution in [3.8, 4) is 11.4 Å². The molecule has 7 heteroatoms. The fraction of sp³-hybridized carbons (Fsp3) is 0.286. The summed E-state index contributed by atoms with van der Waals surface area (Å²) in [6.45, 7) is 2.06. The Labute approximate surface area is 121 Å². The first-order valence-electron chi connectivity index (χ1n) is 6.26. The predicted octanol–water partition coefficient (Wildman–Crippen LogP) is 1.28. The van der Waals surface area contributed by atoms with Gasteiger partial charge >= 0.3 is 5.97 Å². The summed E-state index contributed by atoms with van der Waals surface area (Å²) in [4.78, 5) is 25.0. The van der Waals surface area contributed by atoms with Crippen LogP contribution in [0.15, 0.2) is 18.3 Å². The van der Waals surface area contributed by atoms with Crippen molar-refractivity contribution in [2.24, 2.45) is 0 Å². The minimum Gasteiger partial charge on any atom is -0.465 e. The van der Waals surface area contributed by atoms with Crippen molar-refractivity contribution >= 4 is 11.9 Å². The van der Waals surface area contributed by atoms with Crippen molar-refractivity contribution < 1.29 is 13.9 Å². The van der Waals surface area contributed by atoms with Crippen LogP contribution in [0.2, 0.25) is 0 Å². The smallest absolute Gasteiger partial charge is 0.325 e. The Balaban J connectivity index is 2.17. The second-order valence-electron chi connectivity index (χ2n) is 4.13. The normalized spacial score (nSPS) is 9.86. The molecule has 0 bridgehead atoms. The lowest BCUT2D eigenvalue weighted by Gasteiger charge is -2.14. The molecule has 6 nitrogen and oxygen atoms in total. The molecule has 0 aliphatic heterocycles. The van der Waals surface area contributed by atoms with Crippen LogP contribution in [0.1, 0.15) is 6.92 Å². The van der Waals surface area contributed by atoms with Gasteiger partial charge in [0.2, 0.25) is 5.95 Å². The minimum absolute atomic E-state index is 0.0159. The van der Waals surface area contributed by atoms with Crippen LogP contribution in [0.5, 0.6) is 0 Å². The summed E-state index contributed by atoms with van der Waals surface area (Å²) >= 11 is 0. The van der Waals surface area contributed by atoms with Gasteiger partial charge in [0.15, 0.2) is 0 Å². The molecule has 0 unspecified atom stereocenters. The van der Waals surface area contributed by atoms with Gasteiger partial charge in [-0.15, -0.1) is 0 Å². The van der Waals surface area contributed by atoms with Crippen LogP contribution in [-0.4, -0.2) is 41.1 Å². The number of halogens is 1. The van der Waals surface area contributed by atoms with Crippen LogP contribution in [-0.2, 0) is 9.53 Å². The SMILES string of the molecule is CCOC(=O)CN(C)c1nc#cc(-c2ccc(F)cn2)n1. The zero-order valence-corrected chi connectivity index (χ0v) is 11.6. The summed E-state index contributed by atoms with van der Waals surface area (Å²) in [6, 6.07) is 5.46. The Morgan fingerprint density at radius 3 is 2.95 bits per heavy atom. The summed E-state index contributed by atoms with van der Waals surface area (Å²) in [5, 5.41) is 0. The molecule has 21 heavy (non-hydrogen) atoms. The lowest BCUT2D eigenvalue weighted by molar-refractivity contribution is -0.141. The number of aromatic nitrogens is 3. The van der Waals surface area contributed by atoms with Gasteiger partial charge < -0.3 is 9.64 Å². The maximum atomic E-state index is 12.9. The van der Waals surface area contributed by atoms with E-state index in [0.29, 0.717) is 18.0 Å². The van der Waals surface area contributed by atoms with Crippen LogP contribution >= 0.6 is 0 Å². The number of ether oxygens (including phenoxy) is 1. The van der Waals surface area contributed by atoms with Gasteiger partial charge in [0, 0.05) is 13.2 Å². The van der Waals surface area contributed by atoms with Gasteiger partial charge in [-0.3, -0.25) is 9.78 Å². The van der Waals surface area contributed by atoms with E-state index < -0.39 is 5.82 Å². The Hall–Kier alpha value is -2.75. The van der Waals surface area contributed by atoms with Crippen molar-refractivity contribution in [1.82, 2.24) is 15.0 Å². The molecule has 0 amide bonds. The summed E-state index contributed by atoms with van der Waals surface area (Å²) in [5.74, 6) is -0.530. The zero-order valence-electron chi connectivity index (χ0n) is 11.6. The quantitative estimate of drug-likeness (QED) is 0.772. The second kappa shape index (κ2) is 6.61. The third-order valence-corrected chi connectivity index (χ3v) is 2.53. The van der Waals surface area contributed by atoms with Crippen molar-refractivity contribution in [3.05, 3.63) is 36.4 Å². The number of rotatable bonds is 5. The maximum Gasteiger partial charge on any atom is 0.325 e. The van der Waals surface area contributed by atoms with E-state index in [2.05, 4.69) is 27.2 Å². The molecule has 0 radical (unpaired) electrons. The third-order valence-electron chi connectivity index (χ3n) is 2.53. The maximum absolute atomic E-state index is 12.9. The number of carbonyl (C=O) groups excluding carboxylic acids is 1. The number of nitrogens with zero attached hydrogens (tertiary/aromatic N) is 4. The zero-order chi connectivity index (χ0) is 15.2. The highest BCUT2D eigenvalue weighted by Crippen LogP contribution is 2.14. The predicted molar refractivity (Wildman–Crippen MR) is 72.8 cm³/mol. The molecule has 0 saturated heterocycles. The molecule has 2 rings (SSSR count). The molecule has 0 spiro atoms. The lowest BCUT2D eigenvalue weighted by Crippen LogP contribution is -2.28. The molecule has 108 valence electrons. The van der Waals surface area contributed by atoms with E-state index in [-0.39, 0.29) is 18.5 Å². The highest BCUT2D eigenvalue weighted by atomic mass is 19.1. The summed E-state index contributed by atoms with van der Waals surface area (Å²) in [6.07, 6.45) is 3.65. The Bertz CT molecular complexity index is 619. The topological polar surface area (TPSA) is 68.2 Å². The Morgan fingerprint density at radius 2 is 2.29 bits per heavy atom. The van der Waals surface area contributed by atoms with E-state index in [4.69, 9.17) is 4.74 Å².